The van der Waals surface area contributed by atoms with Crippen molar-refractivity contribution in [3.8, 4) is 28.6 Å². The molecule has 1 atom stereocenters. The summed E-state index contributed by atoms with van der Waals surface area (Å²) in [5.41, 5.74) is 2.04. The van der Waals surface area contributed by atoms with Gasteiger partial charge in [0.1, 0.15) is 28.6 Å². The number of rotatable bonds is 8. The number of aromatic hydroxyl groups is 2. The molecule has 0 fully saturated rings. The number of phenolic OH excluding ortho intramolecular Hbond substituents is 2. The summed E-state index contributed by atoms with van der Waals surface area (Å²) in [4.78, 5) is 0. The average Bonchev–Trinajstić information content (AvgIpc) is 3.12. The lowest BCUT2D eigenvalue weighted by atomic mass is 9.94. The van der Waals surface area contributed by atoms with Gasteiger partial charge in [-0.25, -0.2) is 0 Å². The van der Waals surface area contributed by atoms with E-state index in [1.807, 2.05) is 19.1 Å². The van der Waals surface area contributed by atoms with Gasteiger partial charge in [-0.1, -0.05) is 11.6 Å². The molecule has 0 bridgehead atoms. The van der Waals surface area contributed by atoms with Crippen molar-refractivity contribution >= 4 is 11.0 Å². The molecule has 6 heteroatoms. The second kappa shape index (κ2) is 9.04. The van der Waals surface area contributed by atoms with Gasteiger partial charge < -0.3 is 29.6 Å². The number of phenols is 2. The number of fused-ring (bicyclic) bond motifs is 1. The van der Waals surface area contributed by atoms with E-state index in [-0.39, 0.29) is 11.5 Å². The average molecular weight is 427 g/mol. The van der Waals surface area contributed by atoms with Crippen molar-refractivity contribution in [2.45, 2.75) is 51.7 Å². The number of benzene rings is 2. The molecule has 1 aromatic heterocycles. The van der Waals surface area contributed by atoms with Crippen LogP contribution in [0.1, 0.15) is 39.2 Å². The SMILES string of the molecule is COc1cc(O)cc(-c2cc3ccc(O)cc3o2)c1CC=C(C)CC[C@H](O)C(C)(C)O. The topological polar surface area (TPSA) is 103 Å². The lowest BCUT2D eigenvalue weighted by molar-refractivity contribution is -0.0509. The van der Waals surface area contributed by atoms with Crippen LogP contribution >= 0.6 is 0 Å². The highest BCUT2D eigenvalue weighted by Gasteiger charge is 2.23. The van der Waals surface area contributed by atoms with Crippen LogP contribution in [0.3, 0.4) is 0 Å². The van der Waals surface area contributed by atoms with Crippen molar-refractivity contribution in [1.29, 1.82) is 0 Å². The Bertz CT molecular complexity index is 1090. The zero-order valence-electron chi connectivity index (χ0n) is 18.3. The highest BCUT2D eigenvalue weighted by Crippen LogP contribution is 2.38. The summed E-state index contributed by atoms with van der Waals surface area (Å²) >= 11 is 0. The second-order valence-electron chi connectivity index (χ2n) is 8.47. The summed E-state index contributed by atoms with van der Waals surface area (Å²) in [6.45, 7) is 5.17. The van der Waals surface area contributed by atoms with Crippen molar-refractivity contribution in [3.63, 3.8) is 0 Å². The fourth-order valence-corrected chi connectivity index (χ4v) is 3.49. The first-order chi connectivity index (χ1) is 14.6. The van der Waals surface area contributed by atoms with Crippen LogP contribution < -0.4 is 4.74 Å². The Labute approximate surface area is 182 Å². The van der Waals surface area contributed by atoms with E-state index in [0.29, 0.717) is 41.9 Å². The van der Waals surface area contributed by atoms with Crippen LogP contribution in [0.15, 0.2) is 52.5 Å². The number of aliphatic hydroxyl groups is 2. The van der Waals surface area contributed by atoms with Crippen LogP contribution in [0.4, 0.5) is 0 Å². The third kappa shape index (κ3) is 5.40. The van der Waals surface area contributed by atoms with Gasteiger partial charge in [-0.05, 0) is 64.3 Å². The molecule has 0 aliphatic rings. The smallest absolute Gasteiger partial charge is 0.138 e. The molecule has 31 heavy (non-hydrogen) atoms. The lowest BCUT2D eigenvalue weighted by Gasteiger charge is -2.24. The van der Waals surface area contributed by atoms with Crippen molar-refractivity contribution in [2.75, 3.05) is 7.11 Å². The van der Waals surface area contributed by atoms with Gasteiger partial charge in [-0.2, -0.15) is 0 Å². The quantitative estimate of drug-likeness (QED) is 0.381. The van der Waals surface area contributed by atoms with Crippen molar-refractivity contribution in [3.05, 3.63) is 53.6 Å². The number of methoxy groups -OCH3 is 1. The van der Waals surface area contributed by atoms with Gasteiger partial charge >= 0.3 is 0 Å². The maximum atomic E-state index is 10.2. The van der Waals surface area contributed by atoms with Crippen molar-refractivity contribution < 1.29 is 29.6 Å². The van der Waals surface area contributed by atoms with Crippen LogP contribution in [0.2, 0.25) is 0 Å². The molecule has 6 nitrogen and oxygen atoms in total. The molecule has 0 amide bonds. The third-order valence-corrected chi connectivity index (χ3v) is 5.47. The van der Waals surface area contributed by atoms with Gasteiger partial charge in [0.2, 0.25) is 0 Å². The summed E-state index contributed by atoms with van der Waals surface area (Å²) < 4.78 is 11.5. The van der Waals surface area contributed by atoms with Crippen LogP contribution in [0, 0.1) is 0 Å². The van der Waals surface area contributed by atoms with Crippen LogP contribution in [-0.2, 0) is 6.42 Å². The number of furan rings is 1. The van der Waals surface area contributed by atoms with E-state index in [2.05, 4.69) is 0 Å². The van der Waals surface area contributed by atoms with Crippen LogP contribution in [0.5, 0.6) is 17.2 Å². The van der Waals surface area contributed by atoms with E-state index in [1.165, 1.54) is 0 Å². The first-order valence-corrected chi connectivity index (χ1v) is 10.3. The van der Waals surface area contributed by atoms with Gasteiger partial charge in [0.25, 0.3) is 0 Å². The fourth-order valence-electron chi connectivity index (χ4n) is 3.49. The first-order valence-electron chi connectivity index (χ1n) is 10.3. The van der Waals surface area contributed by atoms with Gasteiger partial charge in [0, 0.05) is 28.6 Å². The Kier molecular flexibility index (Phi) is 6.62. The summed E-state index contributed by atoms with van der Waals surface area (Å²) in [7, 11) is 1.55. The predicted molar refractivity (Wildman–Crippen MR) is 121 cm³/mol. The summed E-state index contributed by atoms with van der Waals surface area (Å²) in [5, 5.41) is 40.7. The van der Waals surface area contributed by atoms with Gasteiger partial charge in [-0.15, -0.1) is 0 Å². The zero-order valence-corrected chi connectivity index (χ0v) is 18.3. The molecule has 3 rings (SSSR count). The van der Waals surface area contributed by atoms with Crippen molar-refractivity contribution in [2.24, 2.45) is 0 Å². The Morgan fingerprint density at radius 2 is 1.87 bits per heavy atom. The third-order valence-electron chi connectivity index (χ3n) is 5.47. The fraction of sp³-hybridized carbons (Fsp3) is 0.360. The zero-order chi connectivity index (χ0) is 22.8. The molecule has 0 unspecified atom stereocenters. The molecule has 0 saturated heterocycles. The minimum Gasteiger partial charge on any atom is -0.508 e. The minimum atomic E-state index is -1.14. The molecule has 166 valence electrons. The molecule has 4 N–H and O–H groups in total. The second-order valence-corrected chi connectivity index (χ2v) is 8.47. The summed E-state index contributed by atoms with van der Waals surface area (Å²) in [5.74, 6) is 1.29. The van der Waals surface area contributed by atoms with Gasteiger partial charge in [-0.3, -0.25) is 0 Å². The largest absolute Gasteiger partial charge is 0.508 e. The van der Waals surface area contributed by atoms with E-state index in [4.69, 9.17) is 9.15 Å². The standard InChI is InChI=1S/C25H30O6/c1-15(6-10-24(28)25(2,3)29)5-9-19-20(12-18(27)14-22(19)30-4)23-11-16-7-8-17(26)13-21(16)31-23/h5,7-8,11-14,24,26-29H,6,9-10H2,1-4H3/t24-/m0/s1. The number of hydrogen-bond donors (Lipinski definition) is 4. The molecule has 1 heterocycles. The maximum absolute atomic E-state index is 10.2. The molecule has 0 aliphatic heterocycles. The van der Waals surface area contributed by atoms with Crippen LogP contribution in [0.25, 0.3) is 22.3 Å². The highest BCUT2D eigenvalue weighted by molar-refractivity contribution is 5.85. The highest BCUT2D eigenvalue weighted by atomic mass is 16.5. The Balaban J connectivity index is 1.92. The molecule has 3 aromatic rings. The molecular weight excluding hydrogens is 396 g/mol. The Morgan fingerprint density at radius 1 is 1.13 bits per heavy atom. The van der Waals surface area contributed by atoms with Gasteiger partial charge in [0.05, 0.1) is 18.8 Å². The summed E-state index contributed by atoms with van der Waals surface area (Å²) in [6.07, 6.45) is 2.88. The molecule has 0 aliphatic carbocycles. The molecule has 0 saturated carbocycles. The van der Waals surface area contributed by atoms with E-state index in [9.17, 15) is 20.4 Å². The molecule has 0 spiro atoms. The summed E-state index contributed by atoms with van der Waals surface area (Å²) in [6, 6.07) is 9.99. The number of ether oxygens (including phenoxy) is 1. The monoisotopic (exact) mass is 426 g/mol. The van der Waals surface area contributed by atoms with Crippen molar-refractivity contribution in [1.82, 2.24) is 0 Å². The van der Waals surface area contributed by atoms with E-state index in [0.717, 1.165) is 16.5 Å². The lowest BCUT2D eigenvalue weighted by Crippen LogP contribution is -2.35. The van der Waals surface area contributed by atoms with Crippen LogP contribution in [-0.4, -0.2) is 39.2 Å². The number of aliphatic hydroxyl groups excluding tert-OH is 1. The Hall–Kier alpha value is -2.96. The normalized spacial score (nSPS) is 13.5. The molecule has 2 aromatic carbocycles. The minimum absolute atomic E-state index is 0.0629. The maximum Gasteiger partial charge on any atom is 0.138 e. The van der Waals surface area contributed by atoms with E-state index in [1.54, 1.807) is 51.3 Å². The Morgan fingerprint density at radius 3 is 2.55 bits per heavy atom. The van der Waals surface area contributed by atoms with E-state index >= 15 is 0 Å². The predicted octanol–water partition coefficient (Wildman–Crippen LogP) is 4.92. The van der Waals surface area contributed by atoms with E-state index < -0.39 is 11.7 Å². The van der Waals surface area contributed by atoms with Gasteiger partial charge in [0.15, 0.2) is 0 Å². The molecule has 0 radical (unpaired) electrons. The first kappa shape index (κ1) is 22.7. The number of hydrogen-bond acceptors (Lipinski definition) is 6. The number of allylic oxidation sites excluding steroid dienone is 2. The molecular formula is C25H30O6.